The molecule has 9 heteroatoms. The largest absolute Gasteiger partial charge is 0.343 e. The topological polar surface area (TPSA) is 94.1 Å². The van der Waals surface area contributed by atoms with Crippen LogP contribution in [0.4, 0.5) is 10.1 Å². The van der Waals surface area contributed by atoms with Gasteiger partial charge in [0.25, 0.3) is 5.91 Å². The molecule has 1 atom stereocenters. The highest BCUT2D eigenvalue weighted by molar-refractivity contribution is 7.15. The zero-order valence-corrected chi connectivity index (χ0v) is 20.2. The third-order valence-corrected chi connectivity index (χ3v) is 6.42. The van der Waals surface area contributed by atoms with Crippen molar-refractivity contribution in [1.29, 1.82) is 5.41 Å². The maximum Gasteiger partial charge on any atom is 0.269 e. The van der Waals surface area contributed by atoms with Crippen LogP contribution in [-0.2, 0) is 16.1 Å². The summed E-state index contributed by atoms with van der Waals surface area (Å²) in [5, 5.41) is 16.9. The van der Waals surface area contributed by atoms with Gasteiger partial charge in [-0.05, 0) is 67.6 Å². The zero-order valence-electron chi connectivity index (χ0n) is 18.6. The molecule has 2 aromatic carbocycles. The van der Waals surface area contributed by atoms with Crippen LogP contribution in [0, 0.1) is 11.2 Å². The quantitative estimate of drug-likeness (QED) is 0.237. The molecule has 0 saturated heterocycles. The number of hydrogen-bond donors (Lipinski definition) is 4. The lowest BCUT2D eigenvalue weighted by Crippen LogP contribution is -2.31. The molecule has 0 saturated carbocycles. The van der Waals surface area contributed by atoms with Crippen molar-refractivity contribution < 1.29 is 14.0 Å². The second kappa shape index (κ2) is 11.7. The molecule has 3 aromatic rings. The minimum absolute atomic E-state index is 0.0221. The Balaban J connectivity index is 1.61. The van der Waals surface area contributed by atoms with Crippen LogP contribution in [0.3, 0.4) is 0 Å². The van der Waals surface area contributed by atoms with Gasteiger partial charge in [-0.25, -0.2) is 4.39 Å². The summed E-state index contributed by atoms with van der Waals surface area (Å²) in [6, 6.07) is 15.1. The number of thiophene rings is 1. The molecule has 0 spiro atoms. The van der Waals surface area contributed by atoms with Gasteiger partial charge in [-0.2, -0.15) is 0 Å². The summed E-state index contributed by atoms with van der Waals surface area (Å²) < 4.78 is 13.6. The number of benzene rings is 2. The molecule has 176 valence electrons. The van der Waals surface area contributed by atoms with Crippen LogP contribution in [0.5, 0.6) is 0 Å². The van der Waals surface area contributed by atoms with Gasteiger partial charge in [0.05, 0.1) is 11.7 Å². The van der Waals surface area contributed by atoms with E-state index in [2.05, 4.69) is 16.0 Å². The molecule has 1 aromatic heterocycles. The molecular weight excluding hydrogens is 475 g/mol. The van der Waals surface area contributed by atoms with Gasteiger partial charge >= 0.3 is 0 Å². The lowest BCUT2D eigenvalue weighted by molar-refractivity contribution is -0.115. The summed E-state index contributed by atoms with van der Waals surface area (Å²) in [7, 11) is 1.87. The molecule has 2 amide bonds. The van der Waals surface area contributed by atoms with Gasteiger partial charge in [0.2, 0.25) is 5.91 Å². The first-order valence-corrected chi connectivity index (χ1v) is 11.6. The van der Waals surface area contributed by atoms with Gasteiger partial charge in [-0.3, -0.25) is 15.0 Å². The van der Waals surface area contributed by atoms with Gasteiger partial charge in [-0.1, -0.05) is 29.8 Å². The Labute approximate surface area is 206 Å². The number of carbonyl (C=O) groups excluding carboxylic acids is 2. The van der Waals surface area contributed by atoms with E-state index in [9.17, 15) is 14.0 Å². The lowest BCUT2D eigenvalue weighted by Gasteiger charge is -2.12. The normalized spacial score (nSPS) is 11.9. The maximum absolute atomic E-state index is 13.6. The number of halogens is 2. The number of rotatable bonds is 9. The van der Waals surface area contributed by atoms with E-state index in [0.29, 0.717) is 11.6 Å². The molecule has 0 unspecified atom stereocenters. The molecule has 6 nitrogen and oxygen atoms in total. The Hall–Kier alpha value is -3.33. The minimum Gasteiger partial charge on any atom is -0.343 e. The first-order chi connectivity index (χ1) is 16.3. The highest BCUT2D eigenvalue weighted by Crippen LogP contribution is 2.34. The average molecular weight is 499 g/mol. The summed E-state index contributed by atoms with van der Waals surface area (Å²) in [5.74, 6) is -1.84. The van der Waals surface area contributed by atoms with E-state index in [1.165, 1.54) is 18.2 Å². The van der Waals surface area contributed by atoms with E-state index >= 15 is 0 Å². The molecule has 0 fully saturated rings. The van der Waals surface area contributed by atoms with Crippen molar-refractivity contribution in [2.45, 2.75) is 19.5 Å². The molecule has 0 aliphatic rings. The Morgan fingerprint density at radius 3 is 2.65 bits per heavy atom. The fraction of sp³-hybridized carbons (Fsp3) is 0.160. The maximum atomic E-state index is 13.6. The molecule has 0 aliphatic heterocycles. The van der Waals surface area contributed by atoms with Gasteiger partial charge in [0.15, 0.2) is 0 Å². The molecule has 0 bridgehead atoms. The number of carbonyl (C=O) groups is 2. The highest BCUT2D eigenvalue weighted by Gasteiger charge is 2.16. The molecule has 0 radical (unpaired) electrons. The van der Waals surface area contributed by atoms with E-state index in [4.69, 9.17) is 17.0 Å². The number of anilines is 1. The molecular formula is C25H24ClFN4O2S. The van der Waals surface area contributed by atoms with Crippen LogP contribution in [0.1, 0.15) is 23.4 Å². The van der Waals surface area contributed by atoms with Crippen LogP contribution in [0.2, 0.25) is 5.02 Å². The molecule has 34 heavy (non-hydrogen) atoms. The molecule has 1 heterocycles. The van der Waals surface area contributed by atoms with Crippen molar-refractivity contribution in [2.75, 3.05) is 12.4 Å². The van der Waals surface area contributed by atoms with Crippen molar-refractivity contribution >= 4 is 46.2 Å². The third kappa shape index (κ3) is 6.60. The molecule has 4 N–H and O–H groups in total. The minimum atomic E-state index is -0.640. The van der Waals surface area contributed by atoms with E-state index in [1.807, 2.05) is 44.3 Å². The van der Waals surface area contributed by atoms with Gasteiger partial charge in [0.1, 0.15) is 11.5 Å². The van der Waals surface area contributed by atoms with Crippen molar-refractivity contribution in [3.63, 3.8) is 0 Å². The van der Waals surface area contributed by atoms with Crippen molar-refractivity contribution in [2.24, 2.45) is 0 Å². The Morgan fingerprint density at radius 1 is 1.15 bits per heavy atom. The monoisotopic (exact) mass is 498 g/mol. The first kappa shape index (κ1) is 25.3. The van der Waals surface area contributed by atoms with Crippen LogP contribution < -0.4 is 16.0 Å². The smallest absolute Gasteiger partial charge is 0.269 e. The number of hydrogen-bond acceptors (Lipinski definition) is 5. The van der Waals surface area contributed by atoms with Crippen LogP contribution in [0.25, 0.3) is 10.4 Å². The zero-order chi connectivity index (χ0) is 24.7. The Bertz CT molecular complexity index is 1240. The van der Waals surface area contributed by atoms with Gasteiger partial charge in [0, 0.05) is 27.4 Å². The van der Waals surface area contributed by atoms with E-state index < -0.39 is 17.6 Å². The Morgan fingerprint density at radius 2 is 1.91 bits per heavy atom. The van der Waals surface area contributed by atoms with Gasteiger partial charge < -0.3 is 16.0 Å². The molecule has 3 rings (SSSR count). The summed E-state index contributed by atoms with van der Waals surface area (Å²) >= 11 is 7.68. The van der Waals surface area contributed by atoms with E-state index in [1.54, 1.807) is 17.4 Å². The fourth-order valence-electron chi connectivity index (χ4n) is 3.19. The highest BCUT2D eigenvalue weighted by atomic mass is 35.5. The molecule has 0 aliphatic carbocycles. The SMILES string of the molecule is CNCc1cc(Cl)ccc1-c1ccc([C@@H](C)NC(=O)C(=N)/C=C\C(=O)Nc2ccccc2F)s1. The van der Waals surface area contributed by atoms with E-state index in [0.717, 1.165) is 33.0 Å². The second-order valence-electron chi connectivity index (χ2n) is 7.45. The third-order valence-electron chi connectivity index (χ3n) is 4.88. The second-order valence-corrected chi connectivity index (χ2v) is 9.00. The first-order valence-electron chi connectivity index (χ1n) is 10.4. The summed E-state index contributed by atoms with van der Waals surface area (Å²) in [6.07, 6.45) is 2.10. The summed E-state index contributed by atoms with van der Waals surface area (Å²) in [6.45, 7) is 2.50. The summed E-state index contributed by atoms with van der Waals surface area (Å²) in [5.41, 5.74) is 1.76. The number of para-hydroxylation sites is 1. The Kier molecular flexibility index (Phi) is 8.70. The van der Waals surface area contributed by atoms with Crippen molar-refractivity contribution in [1.82, 2.24) is 10.6 Å². The van der Waals surface area contributed by atoms with Crippen molar-refractivity contribution in [3.05, 3.63) is 88.0 Å². The van der Waals surface area contributed by atoms with Crippen LogP contribution in [-0.4, -0.2) is 24.6 Å². The van der Waals surface area contributed by atoms with E-state index in [-0.39, 0.29) is 17.4 Å². The van der Waals surface area contributed by atoms with Gasteiger partial charge in [-0.15, -0.1) is 11.3 Å². The average Bonchev–Trinajstić information content (AvgIpc) is 3.29. The lowest BCUT2D eigenvalue weighted by atomic mass is 10.1. The standard InChI is InChI=1S/C25H24ClFN4O2S/c1-15(22-10-11-23(34-22)18-8-7-17(26)13-16(18)14-29-2)30-25(33)20(28)9-12-24(32)31-21-6-4-3-5-19(21)27/h3-13,15,28-29H,14H2,1-2H3,(H,30,33)(H,31,32)/b12-9-,28-20?/t15-/m1/s1. The summed E-state index contributed by atoms with van der Waals surface area (Å²) in [4.78, 5) is 26.3. The predicted molar refractivity (Wildman–Crippen MR) is 136 cm³/mol. The van der Waals surface area contributed by atoms with Crippen molar-refractivity contribution in [3.8, 4) is 10.4 Å². The number of amides is 2. The van der Waals surface area contributed by atoms with Crippen LogP contribution >= 0.6 is 22.9 Å². The van der Waals surface area contributed by atoms with Crippen LogP contribution in [0.15, 0.2) is 66.7 Å². The fourth-order valence-corrected chi connectivity index (χ4v) is 4.45. The predicted octanol–water partition coefficient (Wildman–Crippen LogP) is 5.32. The number of nitrogens with one attached hydrogen (secondary N) is 4.